The Labute approximate surface area is 90.1 Å². The molecule has 0 spiro atoms. The van der Waals surface area contributed by atoms with Crippen LogP contribution in [0.2, 0.25) is 0 Å². The van der Waals surface area contributed by atoms with Crippen molar-refractivity contribution in [3.63, 3.8) is 0 Å². The van der Waals surface area contributed by atoms with Gasteiger partial charge in [0, 0.05) is 25.5 Å². The van der Waals surface area contributed by atoms with Crippen LogP contribution in [0.4, 0.5) is 5.82 Å². The zero-order valence-corrected chi connectivity index (χ0v) is 9.07. The van der Waals surface area contributed by atoms with E-state index in [-0.39, 0.29) is 0 Å². The lowest BCUT2D eigenvalue weighted by molar-refractivity contribution is 0.0904. The third-order valence-electron chi connectivity index (χ3n) is 2.62. The van der Waals surface area contributed by atoms with Crippen LogP contribution >= 0.6 is 0 Å². The van der Waals surface area contributed by atoms with Gasteiger partial charge < -0.3 is 10.1 Å². The van der Waals surface area contributed by atoms with Crippen molar-refractivity contribution in [2.24, 2.45) is 0 Å². The molecule has 1 aliphatic heterocycles. The summed E-state index contributed by atoms with van der Waals surface area (Å²) in [7, 11) is 0. The number of anilines is 1. The van der Waals surface area contributed by atoms with E-state index in [1.54, 1.807) is 6.20 Å². The molecule has 1 aromatic heterocycles. The average Bonchev–Trinajstić information content (AvgIpc) is 2.31. The lowest BCUT2D eigenvalue weighted by Crippen LogP contribution is -2.28. The van der Waals surface area contributed by atoms with Crippen LogP contribution in [0, 0.1) is 0 Å². The molecule has 0 aliphatic carbocycles. The van der Waals surface area contributed by atoms with Crippen LogP contribution in [0.5, 0.6) is 0 Å². The number of ether oxygens (including phenoxy) is 1. The molecule has 0 radical (unpaired) electrons. The Morgan fingerprint density at radius 3 is 2.93 bits per heavy atom. The summed E-state index contributed by atoms with van der Waals surface area (Å²) in [4.78, 5) is 8.64. The summed E-state index contributed by atoms with van der Waals surface area (Å²) < 4.78 is 5.31. The summed E-state index contributed by atoms with van der Waals surface area (Å²) in [5.74, 6) is 0.890. The molecule has 0 saturated carbocycles. The molecule has 15 heavy (non-hydrogen) atoms. The summed E-state index contributed by atoms with van der Waals surface area (Å²) in [6.07, 6.45) is 6.64. The summed E-state index contributed by atoms with van der Waals surface area (Å²) in [5.41, 5.74) is 1.03. The number of aryl methyl sites for hydroxylation is 1. The smallest absolute Gasteiger partial charge is 0.145 e. The Hall–Kier alpha value is -1.16. The predicted octanol–water partition coefficient (Wildman–Crippen LogP) is 1.63. The molecule has 1 N–H and O–H groups in total. The van der Waals surface area contributed by atoms with Crippen LogP contribution < -0.4 is 5.32 Å². The number of nitrogens with zero attached hydrogens (tertiary/aromatic N) is 2. The standard InChI is InChI=1S/C11H17N3O/c1-2-9-7-12-8-11(13-9)14-10-3-5-15-6-4-10/h7-8,10H,2-6H2,1H3,(H,13,14). The number of hydrogen-bond acceptors (Lipinski definition) is 4. The number of hydrogen-bond donors (Lipinski definition) is 1. The van der Waals surface area contributed by atoms with Crippen molar-refractivity contribution in [1.29, 1.82) is 0 Å². The SMILES string of the molecule is CCc1cncc(NC2CCOCC2)n1. The zero-order chi connectivity index (χ0) is 10.5. The van der Waals surface area contributed by atoms with Gasteiger partial charge >= 0.3 is 0 Å². The largest absolute Gasteiger partial charge is 0.381 e. The van der Waals surface area contributed by atoms with Crippen molar-refractivity contribution < 1.29 is 4.74 Å². The third kappa shape index (κ3) is 2.89. The van der Waals surface area contributed by atoms with Gasteiger partial charge in [0.1, 0.15) is 5.82 Å². The van der Waals surface area contributed by atoms with E-state index in [0.717, 1.165) is 44.0 Å². The molecule has 0 unspecified atom stereocenters. The minimum atomic E-state index is 0.486. The molecule has 1 aromatic rings. The summed E-state index contributed by atoms with van der Waals surface area (Å²) in [5, 5.41) is 3.40. The van der Waals surface area contributed by atoms with E-state index in [0.29, 0.717) is 6.04 Å². The zero-order valence-electron chi connectivity index (χ0n) is 9.07. The monoisotopic (exact) mass is 207 g/mol. The van der Waals surface area contributed by atoms with Crippen LogP contribution in [0.25, 0.3) is 0 Å². The van der Waals surface area contributed by atoms with Crippen molar-refractivity contribution in [1.82, 2.24) is 9.97 Å². The van der Waals surface area contributed by atoms with Crippen LogP contribution in [0.3, 0.4) is 0 Å². The average molecular weight is 207 g/mol. The van der Waals surface area contributed by atoms with Gasteiger partial charge in [0.2, 0.25) is 0 Å². The lowest BCUT2D eigenvalue weighted by Gasteiger charge is -2.23. The molecular formula is C11H17N3O. The topological polar surface area (TPSA) is 47.0 Å². The molecule has 4 heteroatoms. The van der Waals surface area contributed by atoms with Gasteiger partial charge in [0.15, 0.2) is 0 Å². The maximum absolute atomic E-state index is 5.31. The molecule has 1 saturated heterocycles. The van der Waals surface area contributed by atoms with Gasteiger partial charge in [0.25, 0.3) is 0 Å². The fraction of sp³-hybridized carbons (Fsp3) is 0.636. The fourth-order valence-electron chi connectivity index (χ4n) is 1.70. The predicted molar refractivity (Wildman–Crippen MR) is 58.9 cm³/mol. The molecule has 0 aromatic carbocycles. The van der Waals surface area contributed by atoms with Gasteiger partial charge in [-0.3, -0.25) is 4.98 Å². The maximum Gasteiger partial charge on any atom is 0.145 e. The summed E-state index contributed by atoms with van der Waals surface area (Å²) >= 11 is 0. The molecule has 0 bridgehead atoms. The molecule has 2 rings (SSSR count). The van der Waals surface area contributed by atoms with Crippen molar-refractivity contribution >= 4 is 5.82 Å². The van der Waals surface area contributed by atoms with Gasteiger partial charge in [-0.05, 0) is 19.3 Å². The molecule has 4 nitrogen and oxygen atoms in total. The highest BCUT2D eigenvalue weighted by atomic mass is 16.5. The van der Waals surface area contributed by atoms with Crippen molar-refractivity contribution in [2.75, 3.05) is 18.5 Å². The molecule has 0 amide bonds. The van der Waals surface area contributed by atoms with Crippen LogP contribution in [0.15, 0.2) is 12.4 Å². The van der Waals surface area contributed by atoms with E-state index >= 15 is 0 Å². The highest BCUT2D eigenvalue weighted by Crippen LogP contribution is 2.12. The molecule has 0 atom stereocenters. The van der Waals surface area contributed by atoms with Crippen LogP contribution in [0.1, 0.15) is 25.5 Å². The fourth-order valence-corrected chi connectivity index (χ4v) is 1.70. The number of aromatic nitrogens is 2. The van der Waals surface area contributed by atoms with E-state index in [4.69, 9.17) is 4.74 Å². The molecule has 1 fully saturated rings. The first-order chi connectivity index (χ1) is 7.38. The van der Waals surface area contributed by atoms with E-state index in [2.05, 4.69) is 22.2 Å². The lowest BCUT2D eigenvalue weighted by atomic mass is 10.1. The van der Waals surface area contributed by atoms with Gasteiger partial charge in [-0.1, -0.05) is 6.92 Å². The number of nitrogens with one attached hydrogen (secondary N) is 1. The van der Waals surface area contributed by atoms with E-state index in [9.17, 15) is 0 Å². The van der Waals surface area contributed by atoms with Crippen molar-refractivity contribution in [3.05, 3.63) is 18.1 Å². The Balaban J connectivity index is 1.96. The van der Waals surface area contributed by atoms with E-state index in [1.807, 2.05) is 6.20 Å². The second-order valence-electron chi connectivity index (χ2n) is 3.78. The Morgan fingerprint density at radius 1 is 1.40 bits per heavy atom. The molecule has 2 heterocycles. The summed E-state index contributed by atoms with van der Waals surface area (Å²) in [6.45, 7) is 3.78. The minimum absolute atomic E-state index is 0.486. The maximum atomic E-state index is 5.31. The highest BCUT2D eigenvalue weighted by Gasteiger charge is 2.13. The van der Waals surface area contributed by atoms with Gasteiger partial charge in [-0.2, -0.15) is 0 Å². The molecule has 1 aliphatic rings. The summed E-state index contributed by atoms with van der Waals surface area (Å²) in [6, 6.07) is 0.486. The second-order valence-corrected chi connectivity index (χ2v) is 3.78. The Bertz CT molecular complexity index is 310. The van der Waals surface area contributed by atoms with Gasteiger partial charge in [-0.15, -0.1) is 0 Å². The van der Waals surface area contributed by atoms with Crippen molar-refractivity contribution in [2.45, 2.75) is 32.2 Å². The highest BCUT2D eigenvalue weighted by molar-refractivity contribution is 5.33. The van der Waals surface area contributed by atoms with Gasteiger partial charge in [0.05, 0.1) is 11.9 Å². The van der Waals surface area contributed by atoms with E-state index < -0.39 is 0 Å². The Morgan fingerprint density at radius 2 is 2.20 bits per heavy atom. The first-order valence-corrected chi connectivity index (χ1v) is 5.53. The quantitative estimate of drug-likeness (QED) is 0.818. The Kier molecular flexibility index (Phi) is 3.50. The first kappa shape index (κ1) is 10.4. The molecular weight excluding hydrogens is 190 g/mol. The molecule has 82 valence electrons. The second kappa shape index (κ2) is 5.07. The van der Waals surface area contributed by atoms with E-state index in [1.165, 1.54) is 0 Å². The van der Waals surface area contributed by atoms with Crippen LogP contribution in [-0.4, -0.2) is 29.2 Å². The normalized spacial score (nSPS) is 17.7. The van der Waals surface area contributed by atoms with Crippen molar-refractivity contribution in [3.8, 4) is 0 Å². The first-order valence-electron chi connectivity index (χ1n) is 5.53. The minimum Gasteiger partial charge on any atom is -0.381 e. The number of rotatable bonds is 3. The van der Waals surface area contributed by atoms with Gasteiger partial charge in [-0.25, -0.2) is 4.98 Å². The third-order valence-corrected chi connectivity index (χ3v) is 2.62. The van der Waals surface area contributed by atoms with Crippen LogP contribution in [-0.2, 0) is 11.2 Å².